The summed E-state index contributed by atoms with van der Waals surface area (Å²) in [6, 6.07) is 4.07. The molecule has 0 saturated carbocycles. The Labute approximate surface area is 205 Å². The van der Waals surface area contributed by atoms with Crippen molar-refractivity contribution in [2.24, 2.45) is 0 Å². The number of nitrogens with zero attached hydrogens (tertiary/aromatic N) is 8. The maximum Gasteiger partial charge on any atom is 0.228 e. The Balaban J connectivity index is 1.46. The molecule has 0 aromatic carbocycles. The molecule has 0 unspecified atom stereocenters. The lowest BCUT2D eigenvalue weighted by Crippen LogP contribution is -2.63. The van der Waals surface area contributed by atoms with E-state index in [0.29, 0.717) is 23.9 Å². The molecule has 1 aliphatic rings. The summed E-state index contributed by atoms with van der Waals surface area (Å²) in [7, 11) is -3.34. The standard InChI is InChI=1S/C21H23N9O3S2/c1-14(31)9-28-11-16(8-23-28)25-20-26-17-3-6-34-19(17)18(27-20)15-7-24-30(10-15)21(4-5-22)12-29(13-21)35(2,32)33/h3,6-8,10-11,14,31H,4,9,12-13H2,1-2H3,(H,25,26,27)/t14-/m1/s1. The van der Waals surface area contributed by atoms with E-state index in [-0.39, 0.29) is 19.5 Å². The normalized spacial score (nSPS) is 16.6. The fraction of sp³-hybridized carbons (Fsp3) is 0.381. The average molecular weight is 514 g/mol. The Kier molecular flexibility index (Phi) is 5.80. The van der Waals surface area contributed by atoms with E-state index in [1.54, 1.807) is 34.9 Å². The summed E-state index contributed by atoms with van der Waals surface area (Å²) in [5.74, 6) is 0.383. The first-order valence-corrected chi connectivity index (χ1v) is 13.5. The lowest BCUT2D eigenvalue weighted by molar-refractivity contribution is 0.0724. The largest absolute Gasteiger partial charge is 0.391 e. The highest BCUT2D eigenvalue weighted by Crippen LogP contribution is 2.36. The summed E-state index contributed by atoms with van der Waals surface area (Å²) < 4.78 is 29.3. The van der Waals surface area contributed by atoms with Crippen LogP contribution in [0.3, 0.4) is 0 Å². The number of rotatable bonds is 8. The molecule has 1 fully saturated rings. The van der Waals surface area contributed by atoms with Gasteiger partial charge in [0.25, 0.3) is 0 Å². The molecule has 0 amide bonds. The molecular weight excluding hydrogens is 490 g/mol. The fourth-order valence-electron chi connectivity index (χ4n) is 4.08. The van der Waals surface area contributed by atoms with Crippen LogP contribution in [0, 0.1) is 11.3 Å². The average Bonchev–Trinajstić information content (AvgIpc) is 3.49. The van der Waals surface area contributed by atoms with Gasteiger partial charge in [0.1, 0.15) is 5.54 Å². The van der Waals surface area contributed by atoms with E-state index in [1.807, 2.05) is 17.6 Å². The molecule has 0 radical (unpaired) electrons. The molecule has 0 spiro atoms. The Hall–Kier alpha value is -3.38. The van der Waals surface area contributed by atoms with E-state index in [2.05, 4.69) is 26.6 Å². The number of aliphatic hydroxyl groups excluding tert-OH is 1. The Morgan fingerprint density at radius 1 is 1.29 bits per heavy atom. The molecule has 35 heavy (non-hydrogen) atoms. The van der Waals surface area contributed by atoms with Gasteiger partial charge in [-0.1, -0.05) is 0 Å². The SMILES string of the molecule is C[C@@H](O)Cn1cc(Nc2nc(-c3cnn(C4(CC#N)CN(S(C)(=O)=O)C4)c3)c3sccc3n2)cn1. The number of thiophene rings is 1. The van der Waals surface area contributed by atoms with Crippen molar-refractivity contribution in [3.05, 3.63) is 36.2 Å². The second-order valence-corrected chi connectivity index (χ2v) is 11.6. The second kappa shape index (κ2) is 8.68. The lowest BCUT2D eigenvalue weighted by Gasteiger charge is -2.47. The predicted molar refractivity (Wildman–Crippen MR) is 130 cm³/mol. The van der Waals surface area contributed by atoms with Crippen molar-refractivity contribution in [3.63, 3.8) is 0 Å². The third kappa shape index (κ3) is 4.50. The van der Waals surface area contributed by atoms with Gasteiger partial charge < -0.3 is 10.4 Å². The van der Waals surface area contributed by atoms with Crippen molar-refractivity contribution in [2.75, 3.05) is 24.7 Å². The van der Waals surface area contributed by atoms with Crippen LogP contribution in [0.4, 0.5) is 11.6 Å². The zero-order chi connectivity index (χ0) is 24.8. The van der Waals surface area contributed by atoms with Crippen LogP contribution in [0.25, 0.3) is 21.5 Å². The van der Waals surface area contributed by atoms with Gasteiger partial charge >= 0.3 is 0 Å². The van der Waals surface area contributed by atoms with Crippen LogP contribution in [0.15, 0.2) is 36.2 Å². The van der Waals surface area contributed by atoms with Gasteiger partial charge in [-0.3, -0.25) is 9.36 Å². The molecule has 5 rings (SSSR count). The zero-order valence-electron chi connectivity index (χ0n) is 19.0. The summed E-state index contributed by atoms with van der Waals surface area (Å²) >= 11 is 1.51. The molecular formula is C21H23N9O3S2. The van der Waals surface area contributed by atoms with Gasteiger partial charge in [-0.05, 0) is 18.4 Å². The van der Waals surface area contributed by atoms with E-state index in [9.17, 15) is 18.8 Å². The number of anilines is 2. The number of aliphatic hydroxyl groups is 1. The lowest BCUT2D eigenvalue weighted by atomic mass is 9.89. The monoisotopic (exact) mass is 513 g/mol. The molecule has 1 aliphatic heterocycles. The quantitative estimate of drug-likeness (QED) is 0.358. The number of nitriles is 1. The molecule has 12 nitrogen and oxygen atoms in total. The zero-order valence-corrected chi connectivity index (χ0v) is 20.7. The van der Waals surface area contributed by atoms with Crippen LogP contribution in [0.1, 0.15) is 13.3 Å². The fourth-order valence-corrected chi connectivity index (χ4v) is 5.87. The molecule has 0 aliphatic carbocycles. The highest BCUT2D eigenvalue weighted by atomic mass is 32.2. The van der Waals surface area contributed by atoms with Crippen LogP contribution in [0.5, 0.6) is 0 Å². The molecule has 5 heterocycles. The van der Waals surface area contributed by atoms with Crippen LogP contribution in [-0.2, 0) is 22.1 Å². The Bertz CT molecular complexity index is 1520. The van der Waals surface area contributed by atoms with Gasteiger partial charge in [-0.2, -0.15) is 19.8 Å². The summed E-state index contributed by atoms with van der Waals surface area (Å²) in [6.45, 7) is 2.46. The highest BCUT2D eigenvalue weighted by Gasteiger charge is 2.49. The van der Waals surface area contributed by atoms with Gasteiger partial charge in [0.15, 0.2) is 0 Å². The van der Waals surface area contributed by atoms with Crippen molar-refractivity contribution in [1.29, 1.82) is 5.26 Å². The molecule has 1 atom stereocenters. The molecule has 2 N–H and O–H groups in total. The van der Waals surface area contributed by atoms with Crippen molar-refractivity contribution < 1.29 is 13.5 Å². The van der Waals surface area contributed by atoms with Crippen molar-refractivity contribution in [2.45, 2.75) is 31.5 Å². The number of nitrogens with one attached hydrogen (secondary N) is 1. The van der Waals surface area contributed by atoms with Gasteiger partial charge in [-0.25, -0.2) is 18.4 Å². The first-order valence-electron chi connectivity index (χ1n) is 10.8. The van der Waals surface area contributed by atoms with Crippen molar-refractivity contribution >= 4 is 43.2 Å². The van der Waals surface area contributed by atoms with Gasteiger partial charge in [0.2, 0.25) is 16.0 Å². The summed E-state index contributed by atoms with van der Waals surface area (Å²) in [4.78, 5) is 9.32. The summed E-state index contributed by atoms with van der Waals surface area (Å²) in [5, 5.41) is 32.8. The van der Waals surface area contributed by atoms with E-state index in [0.717, 1.165) is 22.0 Å². The predicted octanol–water partition coefficient (Wildman–Crippen LogP) is 1.76. The summed E-state index contributed by atoms with van der Waals surface area (Å²) in [5.41, 5.74) is 2.16. The second-order valence-electron chi connectivity index (χ2n) is 8.72. The van der Waals surface area contributed by atoms with Crippen LogP contribution < -0.4 is 5.32 Å². The minimum atomic E-state index is -3.34. The molecule has 182 valence electrons. The highest BCUT2D eigenvalue weighted by molar-refractivity contribution is 7.88. The maximum atomic E-state index is 11.9. The number of fused-ring (bicyclic) bond motifs is 1. The maximum absolute atomic E-state index is 11.9. The number of sulfonamides is 1. The minimum absolute atomic E-state index is 0.140. The first-order chi connectivity index (χ1) is 16.7. The molecule has 0 bridgehead atoms. The van der Waals surface area contributed by atoms with E-state index >= 15 is 0 Å². The van der Waals surface area contributed by atoms with E-state index < -0.39 is 21.7 Å². The van der Waals surface area contributed by atoms with Crippen LogP contribution in [0.2, 0.25) is 0 Å². The molecule has 1 saturated heterocycles. The minimum Gasteiger partial charge on any atom is -0.391 e. The van der Waals surface area contributed by atoms with Gasteiger partial charge in [0.05, 0.1) is 65.4 Å². The third-order valence-corrected chi connectivity index (χ3v) is 7.91. The van der Waals surface area contributed by atoms with Crippen LogP contribution in [-0.4, -0.2) is 72.8 Å². The van der Waals surface area contributed by atoms with Gasteiger partial charge in [0, 0.05) is 31.0 Å². The molecule has 4 aromatic heterocycles. The first kappa shape index (κ1) is 23.4. The Morgan fingerprint density at radius 2 is 2.09 bits per heavy atom. The Morgan fingerprint density at radius 3 is 2.80 bits per heavy atom. The van der Waals surface area contributed by atoms with Gasteiger partial charge in [-0.15, -0.1) is 11.3 Å². The third-order valence-electron chi connectivity index (χ3n) is 5.80. The molecule has 14 heteroatoms. The van der Waals surface area contributed by atoms with Crippen molar-refractivity contribution in [3.8, 4) is 17.3 Å². The smallest absolute Gasteiger partial charge is 0.228 e. The number of hydrogen-bond donors (Lipinski definition) is 2. The number of hydrogen-bond acceptors (Lipinski definition) is 10. The number of aromatic nitrogens is 6. The summed E-state index contributed by atoms with van der Waals surface area (Å²) in [6.07, 6.45) is 7.67. The van der Waals surface area contributed by atoms with Crippen LogP contribution >= 0.6 is 11.3 Å². The van der Waals surface area contributed by atoms with E-state index in [1.165, 1.54) is 15.6 Å². The molecule has 4 aromatic rings. The topological polar surface area (TPSA) is 155 Å². The van der Waals surface area contributed by atoms with Crippen molar-refractivity contribution in [1.82, 2.24) is 33.8 Å². The van der Waals surface area contributed by atoms with E-state index in [4.69, 9.17) is 4.98 Å².